The molecule has 4 heterocycles. The van der Waals surface area contributed by atoms with Gasteiger partial charge in [0, 0.05) is 36.8 Å². The third-order valence-corrected chi connectivity index (χ3v) is 9.43. The Balaban J connectivity index is 1.28. The number of thiophene rings is 1. The monoisotopic (exact) mass is 639 g/mol. The molecule has 9 nitrogen and oxygen atoms in total. The summed E-state index contributed by atoms with van der Waals surface area (Å²) >= 11 is 1.26. The van der Waals surface area contributed by atoms with Gasteiger partial charge in [-0.05, 0) is 85.0 Å². The lowest BCUT2D eigenvalue weighted by Crippen LogP contribution is -2.39. The van der Waals surface area contributed by atoms with E-state index in [2.05, 4.69) is 27.8 Å². The van der Waals surface area contributed by atoms with Crippen LogP contribution >= 0.6 is 11.3 Å². The van der Waals surface area contributed by atoms with E-state index in [0.29, 0.717) is 29.5 Å². The highest BCUT2D eigenvalue weighted by atomic mass is 32.1. The Bertz CT molecular complexity index is 1840. The minimum atomic E-state index is -0.581. The van der Waals surface area contributed by atoms with Crippen molar-refractivity contribution >= 4 is 40.1 Å². The fourth-order valence-corrected chi connectivity index (χ4v) is 6.77. The molecule has 1 unspecified atom stereocenters. The van der Waals surface area contributed by atoms with Gasteiger partial charge in [-0.15, -0.1) is 11.3 Å². The molecule has 0 radical (unpaired) electrons. The van der Waals surface area contributed by atoms with E-state index in [-0.39, 0.29) is 28.8 Å². The summed E-state index contributed by atoms with van der Waals surface area (Å²) in [5.74, 6) is -0.0107. The van der Waals surface area contributed by atoms with Crippen molar-refractivity contribution in [1.29, 1.82) is 5.26 Å². The second-order valence-electron chi connectivity index (χ2n) is 13.3. The fraction of sp³-hybridized carbons (Fsp3) is 0.400. The molecule has 2 fully saturated rings. The lowest BCUT2D eigenvalue weighted by Gasteiger charge is -2.26. The largest absolute Gasteiger partial charge is 0.333 e. The summed E-state index contributed by atoms with van der Waals surface area (Å²) in [4.78, 5) is 38.6. The summed E-state index contributed by atoms with van der Waals surface area (Å²) in [5.41, 5.74) is 3.19. The van der Waals surface area contributed by atoms with E-state index in [9.17, 15) is 19.2 Å². The first-order chi connectivity index (χ1) is 22.1. The van der Waals surface area contributed by atoms with Gasteiger partial charge in [0.2, 0.25) is 11.9 Å². The molecule has 2 N–H and O–H groups in total. The van der Waals surface area contributed by atoms with Crippen LogP contribution in [0.3, 0.4) is 0 Å². The number of amides is 2. The van der Waals surface area contributed by atoms with Gasteiger partial charge in [-0.3, -0.25) is 14.9 Å². The van der Waals surface area contributed by atoms with E-state index < -0.39 is 5.95 Å². The summed E-state index contributed by atoms with van der Waals surface area (Å²) in [5, 5.41) is 16.4. The van der Waals surface area contributed by atoms with Crippen LogP contribution in [-0.2, 0) is 17.9 Å². The predicted molar refractivity (Wildman–Crippen MR) is 178 cm³/mol. The average Bonchev–Trinajstić information content (AvgIpc) is 3.38. The topological polar surface area (TPSA) is 116 Å². The molecular formula is C35H38FN7O2S. The van der Waals surface area contributed by atoms with Crippen molar-refractivity contribution in [2.45, 2.75) is 65.6 Å². The second-order valence-corrected chi connectivity index (χ2v) is 14.3. The number of nitrogens with zero attached hydrogens (tertiary/aromatic N) is 5. The number of halogens is 1. The van der Waals surface area contributed by atoms with Crippen molar-refractivity contribution < 1.29 is 14.0 Å². The highest BCUT2D eigenvalue weighted by Gasteiger charge is 2.33. The number of imidazole rings is 1. The number of aromatic nitrogens is 3. The number of hydrogen-bond donors (Lipinski definition) is 2. The van der Waals surface area contributed by atoms with Crippen LogP contribution in [-0.4, -0.2) is 50.4 Å². The molecule has 1 atom stereocenters. The van der Waals surface area contributed by atoms with Crippen molar-refractivity contribution in [3.63, 3.8) is 0 Å². The maximum absolute atomic E-state index is 13.7. The van der Waals surface area contributed by atoms with Crippen LogP contribution in [0.4, 0.5) is 10.3 Å². The number of anilines is 1. The number of hydrogen-bond acceptors (Lipinski definition) is 7. The molecule has 46 heavy (non-hydrogen) atoms. The number of allylic oxidation sites excluding steroid dienone is 1. The molecular weight excluding hydrogens is 601 g/mol. The van der Waals surface area contributed by atoms with E-state index >= 15 is 0 Å². The van der Waals surface area contributed by atoms with Crippen molar-refractivity contribution in [3.8, 4) is 16.5 Å². The first-order valence-corrected chi connectivity index (χ1v) is 16.6. The smallest absolute Gasteiger partial charge is 0.268 e. The molecule has 0 spiro atoms. The van der Waals surface area contributed by atoms with Gasteiger partial charge in [-0.1, -0.05) is 32.9 Å². The van der Waals surface area contributed by atoms with Crippen LogP contribution in [0.5, 0.6) is 0 Å². The van der Waals surface area contributed by atoms with Crippen molar-refractivity contribution in [2.75, 3.05) is 18.4 Å². The third-order valence-electron chi connectivity index (χ3n) is 8.30. The number of likely N-dealkylation sites (tertiary alicyclic amines) is 1. The number of fused-ring (bicyclic) bond motifs is 1. The van der Waals surface area contributed by atoms with Crippen LogP contribution < -0.4 is 10.6 Å². The van der Waals surface area contributed by atoms with Crippen LogP contribution in [0.25, 0.3) is 21.5 Å². The van der Waals surface area contributed by atoms with E-state index in [0.717, 1.165) is 53.3 Å². The van der Waals surface area contributed by atoms with Crippen LogP contribution in [0.1, 0.15) is 61.7 Å². The van der Waals surface area contributed by atoms with Gasteiger partial charge in [-0.2, -0.15) is 9.65 Å². The maximum atomic E-state index is 13.7. The lowest BCUT2D eigenvalue weighted by molar-refractivity contribution is -0.127. The summed E-state index contributed by atoms with van der Waals surface area (Å²) in [6, 6.07) is 14.6. The molecule has 1 saturated heterocycles. The zero-order valence-electron chi connectivity index (χ0n) is 26.3. The van der Waals surface area contributed by atoms with E-state index in [1.54, 1.807) is 29.2 Å². The minimum absolute atomic E-state index is 0.148. The first-order valence-electron chi connectivity index (χ1n) is 15.7. The summed E-state index contributed by atoms with van der Waals surface area (Å²) in [6.45, 7) is 8.61. The second kappa shape index (κ2) is 13.1. The third kappa shape index (κ3) is 7.35. The average molecular weight is 640 g/mol. The molecule has 2 amide bonds. The van der Waals surface area contributed by atoms with E-state index in [1.165, 1.54) is 36.4 Å². The number of nitriles is 1. The Morgan fingerprint density at radius 2 is 1.98 bits per heavy atom. The predicted octanol–water partition coefficient (Wildman–Crippen LogP) is 6.54. The van der Waals surface area contributed by atoms with Gasteiger partial charge >= 0.3 is 0 Å². The van der Waals surface area contributed by atoms with Crippen molar-refractivity contribution in [1.82, 2.24) is 24.8 Å². The molecule has 2 aliphatic rings. The number of nitrogens with one attached hydrogen (secondary N) is 2. The Hall–Kier alpha value is -4.40. The molecule has 1 aliphatic carbocycles. The molecule has 1 aromatic carbocycles. The Morgan fingerprint density at radius 1 is 1.15 bits per heavy atom. The van der Waals surface area contributed by atoms with Gasteiger partial charge in [-0.25, -0.2) is 9.97 Å². The molecule has 4 aromatic rings. The molecule has 3 aromatic heterocycles. The Kier molecular flexibility index (Phi) is 9.02. The van der Waals surface area contributed by atoms with Gasteiger partial charge in [0.15, 0.2) is 0 Å². The molecule has 1 saturated carbocycles. The first kappa shape index (κ1) is 31.6. The van der Waals surface area contributed by atoms with Crippen LogP contribution in [0, 0.1) is 28.6 Å². The van der Waals surface area contributed by atoms with Crippen molar-refractivity contribution in [2.24, 2.45) is 11.3 Å². The Morgan fingerprint density at radius 3 is 2.72 bits per heavy atom. The molecule has 0 bridgehead atoms. The highest BCUT2D eigenvalue weighted by molar-refractivity contribution is 7.17. The minimum Gasteiger partial charge on any atom is -0.333 e. The van der Waals surface area contributed by atoms with Crippen molar-refractivity contribution in [3.05, 3.63) is 76.7 Å². The van der Waals surface area contributed by atoms with Gasteiger partial charge in [0.25, 0.3) is 11.8 Å². The van der Waals surface area contributed by atoms with E-state index in [4.69, 9.17) is 4.98 Å². The van der Waals surface area contributed by atoms with Crippen LogP contribution in [0.15, 0.2) is 60.3 Å². The summed E-state index contributed by atoms with van der Waals surface area (Å²) in [6.07, 6.45) is 7.30. The van der Waals surface area contributed by atoms with E-state index in [1.807, 2.05) is 37.5 Å². The molecule has 238 valence electrons. The molecule has 6 rings (SSSR count). The number of pyridine rings is 1. The standard InChI is InChI=1S/C35H38FN7O2S/c1-35(2,3)17-25(18-37)33(45)42-14-4-5-26(42)21-43-28-9-8-23(20-38-19-22-6-7-22)15-27(28)40-34(43)41-32(44)30-11-10-29(46-30)24-12-13-39-31(36)16-24/h8-13,15-17,22,26,38H,4-7,14,19-21H2,1-3H3,(H,40,41,44). The number of carbonyl (C=O) groups excluding carboxylic acids is 2. The maximum Gasteiger partial charge on any atom is 0.268 e. The SMILES string of the molecule is CC(C)(C)C=C(C#N)C(=O)N1CCCC1Cn1c(NC(=O)c2ccc(-c3ccnc(F)c3)s2)nc2cc(CNCC3CC3)ccc21. The molecule has 11 heteroatoms. The number of rotatable bonds is 10. The summed E-state index contributed by atoms with van der Waals surface area (Å²) < 4.78 is 15.7. The summed E-state index contributed by atoms with van der Waals surface area (Å²) in [7, 11) is 0. The molecule has 1 aliphatic heterocycles. The fourth-order valence-electron chi connectivity index (χ4n) is 5.88. The highest BCUT2D eigenvalue weighted by Crippen LogP contribution is 2.31. The van der Waals surface area contributed by atoms with Crippen LogP contribution in [0.2, 0.25) is 0 Å². The normalized spacial score (nSPS) is 17.0. The number of benzene rings is 1. The lowest BCUT2D eigenvalue weighted by atomic mass is 9.93. The number of carbonyl (C=O) groups is 2. The van der Waals surface area contributed by atoms with Gasteiger partial charge in [0.05, 0.1) is 22.0 Å². The quantitative estimate of drug-likeness (QED) is 0.116. The van der Waals surface area contributed by atoms with Gasteiger partial charge in [0.1, 0.15) is 11.6 Å². The zero-order valence-corrected chi connectivity index (χ0v) is 27.2. The van der Waals surface area contributed by atoms with Gasteiger partial charge < -0.3 is 14.8 Å². The Labute approximate surface area is 272 Å². The zero-order chi connectivity index (χ0) is 32.4.